The van der Waals surface area contributed by atoms with Crippen LogP contribution in [-0.4, -0.2) is 50.6 Å². The fourth-order valence-corrected chi connectivity index (χ4v) is 4.59. The van der Waals surface area contributed by atoms with Crippen LogP contribution in [0.3, 0.4) is 0 Å². The SMILES string of the molecule is Cc1c(-c2ccc3c(c2)OCCO3)cccc1N1CCN(c2cccc(CNCCO)c2)C1=O. The predicted molar refractivity (Wildman–Crippen MR) is 133 cm³/mol. The molecule has 2 N–H and O–H groups in total. The molecule has 7 nitrogen and oxygen atoms in total. The summed E-state index contributed by atoms with van der Waals surface area (Å²) in [5.41, 5.74) is 6.04. The lowest BCUT2D eigenvalue weighted by Gasteiger charge is -2.23. The van der Waals surface area contributed by atoms with E-state index in [1.807, 2.05) is 64.4 Å². The van der Waals surface area contributed by atoms with E-state index in [-0.39, 0.29) is 12.6 Å². The number of aliphatic hydroxyl groups excluding tert-OH is 1. The van der Waals surface area contributed by atoms with Gasteiger partial charge in [-0.2, -0.15) is 0 Å². The lowest BCUT2D eigenvalue weighted by atomic mass is 9.98. The Morgan fingerprint density at radius 2 is 1.74 bits per heavy atom. The molecule has 176 valence electrons. The van der Waals surface area contributed by atoms with Crippen LogP contribution in [0.15, 0.2) is 60.7 Å². The molecule has 0 aliphatic carbocycles. The van der Waals surface area contributed by atoms with Crippen molar-refractivity contribution in [2.75, 3.05) is 49.3 Å². The van der Waals surface area contributed by atoms with E-state index >= 15 is 0 Å². The molecular weight excluding hydrogens is 430 g/mol. The second-order valence-electron chi connectivity index (χ2n) is 8.46. The smallest absolute Gasteiger partial charge is 0.329 e. The van der Waals surface area contributed by atoms with Crippen LogP contribution in [0.4, 0.5) is 16.2 Å². The Morgan fingerprint density at radius 3 is 2.59 bits per heavy atom. The van der Waals surface area contributed by atoms with Crippen molar-refractivity contribution in [3.63, 3.8) is 0 Å². The lowest BCUT2D eigenvalue weighted by molar-refractivity contribution is 0.171. The van der Waals surface area contributed by atoms with Crippen LogP contribution < -0.4 is 24.6 Å². The molecule has 34 heavy (non-hydrogen) atoms. The fourth-order valence-electron chi connectivity index (χ4n) is 4.59. The molecule has 2 aliphatic heterocycles. The molecule has 2 aliphatic rings. The third kappa shape index (κ3) is 4.32. The van der Waals surface area contributed by atoms with Crippen molar-refractivity contribution in [2.45, 2.75) is 13.5 Å². The molecule has 5 rings (SSSR count). The summed E-state index contributed by atoms with van der Waals surface area (Å²) in [5.74, 6) is 1.52. The molecule has 0 spiro atoms. The number of fused-ring (bicyclic) bond motifs is 1. The van der Waals surface area contributed by atoms with E-state index in [1.54, 1.807) is 0 Å². The number of carbonyl (C=O) groups excluding carboxylic acids is 1. The van der Waals surface area contributed by atoms with E-state index in [2.05, 4.69) is 18.3 Å². The number of aliphatic hydroxyl groups is 1. The predicted octanol–water partition coefficient (Wildman–Crippen LogP) is 3.96. The summed E-state index contributed by atoms with van der Waals surface area (Å²) < 4.78 is 11.4. The van der Waals surface area contributed by atoms with Gasteiger partial charge in [-0.25, -0.2) is 4.79 Å². The maximum atomic E-state index is 13.4. The first-order valence-corrected chi connectivity index (χ1v) is 11.6. The van der Waals surface area contributed by atoms with Gasteiger partial charge in [0, 0.05) is 37.6 Å². The van der Waals surface area contributed by atoms with Crippen molar-refractivity contribution in [1.82, 2.24) is 5.32 Å². The third-order valence-corrected chi connectivity index (χ3v) is 6.30. The van der Waals surface area contributed by atoms with E-state index in [1.165, 1.54) is 0 Å². The van der Waals surface area contributed by atoms with Crippen LogP contribution in [0.5, 0.6) is 11.5 Å². The number of nitrogens with zero attached hydrogens (tertiary/aromatic N) is 2. The highest BCUT2D eigenvalue weighted by molar-refractivity contribution is 6.07. The van der Waals surface area contributed by atoms with Gasteiger partial charge in [0.1, 0.15) is 13.2 Å². The molecule has 0 atom stereocenters. The highest BCUT2D eigenvalue weighted by atomic mass is 16.6. The molecule has 0 bridgehead atoms. The molecule has 2 amide bonds. The van der Waals surface area contributed by atoms with Gasteiger partial charge >= 0.3 is 6.03 Å². The Labute approximate surface area is 199 Å². The van der Waals surface area contributed by atoms with Crippen LogP contribution in [0.25, 0.3) is 11.1 Å². The summed E-state index contributed by atoms with van der Waals surface area (Å²) in [7, 11) is 0. The maximum Gasteiger partial charge on any atom is 0.329 e. The average molecular weight is 460 g/mol. The Hall–Kier alpha value is -3.55. The fraction of sp³-hybridized carbons (Fsp3) is 0.296. The summed E-state index contributed by atoms with van der Waals surface area (Å²) >= 11 is 0. The third-order valence-electron chi connectivity index (χ3n) is 6.30. The Morgan fingerprint density at radius 1 is 0.941 bits per heavy atom. The van der Waals surface area contributed by atoms with Gasteiger partial charge in [-0.05, 0) is 59.5 Å². The van der Waals surface area contributed by atoms with Gasteiger partial charge in [0.25, 0.3) is 0 Å². The number of hydrogen-bond acceptors (Lipinski definition) is 5. The van der Waals surface area contributed by atoms with Gasteiger partial charge < -0.3 is 19.9 Å². The van der Waals surface area contributed by atoms with Crippen molar-refractivity contribution in [1.29, 1.82) is 0 Å². The van der Waals surface area contributed by atoms with Gasteiger partial charge in [0.15, 0.2) is 11.5 Å². The van der Waals surface area contributed by atoms with Gasteiger partial charge in [0.05, 0.1) is 6.61 Å². The molecule has 7 heteroatoms. The summed E-state index contributed by atoms with van der Waals surface area (Å²) in [6, 6.07) is 20.0. The second kappa shape index (κ2) is 9.75. The van der Waals surface area contributed by atoms with E-state index < -0.39 is 0 Å². The molecular formula is C27H29N3O4. The van der Waals surface area contributed by atoms with Crippen LogP contribution in [0, 0.1) is 6.92 Å². The minimum absolute atomic E-state index is 0.0251. The highest BCUT2D eigenvalue weighted by Gasteiger charge is 2.32. The number of urea groups is 1. The van der Waals surface area contributed by atoms with Crippen LogP contribution in [-0.2, 0) is 6.54 Å². The van der Waals surface area contributed by atoms with Crippen molar-refractivity contribution in [2.24, 2.45) is 0 Å². The second-order valence-corrected chi connectivity index (χ2v) is 8.46. The van der Waals surface area contributed by atoms with Gasteiger partial charge in [-0.3, -0.25) is 9.80 Å². The van der Waals surface area contributed by atoms with Gasteiger partial charge in [-0.1, -0.05) is 30.3 Å². The molecule has 0 unspecified atom stereocenters. The molecule has 3 aromatic rings. The molecule has 3 aromatic carbocycles. The first-order chi connectivity index (χ1) is 16.7. The monoisotopic (exact) mass is 459 g/mol. The molecule has 1 fully saturated rings. The maximum absolute atomic E-state index is 13.4. The number of nitrogens with one attached hydrogen (secondary N) is 1. The molecule has 1 saturated heterocycles. The van der Waals surface area contributed by atoms with E-state index in [0.717, 1.165) is 45.1 Å². The first-order valence-electron chi connectivity index (χ1n) is 11.6. The number of rotatable bonds is 7. The summed E-state index contributed by atoms with van der Waals surface area (Å²) in [5, 5.41) is 12.2. The van der Waals surface area contributed by atoms with Gasteiger partial charge in [0.2, 0.25) is 0 Å². The van der Waals surface area contributed by atoms with Crippen LogP contribution in [0.2, 0.25) is 0 Å². The van der Waals surface area contributed by atoms with E-state index in [9.17, 15) is 4.79 Å². The zero-order chi connectivity index (χ0) is 23.5. The van der Waals surface area contributed by atoms with Crippen LogP contribution in [0.1, 0.15) is 11.1 Å². The average Bonchev–Trinajstić information content (AvgIpc) is 3.25. The Bertz CT molecular complexity index is 1200. The minimum Gasteiger partial charge on any atom is -0.486 e. The first kappa shape index (κ1) is 22.3. The number of benzene rings is 3. The van der Waals surface area contributed by atoms with Crippen molar-refractivity contribution >= 4 is 17.4 Å². The number of amides is 2. The Balaban J connectivity index is 1.38. The highest BCUT2D eigenvalue weighted by Crippen LogP contribution is 2.38. The number of ether oxygens (including phenoxy) is 2. The summed E-state index contributed by atoms with van der Waals surface area (Å²) in [6.45, 7) is 5.71. The van der Waals surface area contributed by atoms with Crippen LogP contribution >= 0.6 is 0 Å². The number of anilines is 2. The van der Waals surface area contributed by atoms with E-state index in [4.69, 9.17) is 14.6 Å². The molecule has 0 saturated carbocycles. The topological polar surface area (TPSA) is 74.3 Å². The molecule has 0 aromatic heterocycles. The summed E-state index contributed by atoms with van der Waals surface area (Å²) in [4.78, 5) is 17.1. The summed E-state index contributed by atoms with van der Waals surface area (Å²) in [6.07, 6.45) is 0. The van der Waals surface area contributed by atoms with Crippen molar-refractivity contribution in [3.05, 3.63) is 71.8 Å². The van der Waals surface area contributed by atoms with Crippen molar-refractivity contribution < 1.29 is 19.4 Å². The zero-order valence-corrected chi connectivity index (χ0v) is 19.3. The molecule has 0 radical (unpaired) electrons. The Kier molecular flexibility index (Phi) is 6.38. The zero-order valence-electron chi connectivity index (χ0n) is 19.3. The normalized spacial score (nSPS) is 15.2. The number of carbonyl (C=O) groups is 1. The quantitative estimate of drug-likeness (QED) is 0.523. The minimum atomic E-state index is -0.0251. The molecule has 2 heterocycles. The number of hydrogen-bond donors (Lipinski definition) is 2. The standard InChI is InChI=1S/C27H29N3O4/c1-19-23(21-8-9-25-26(17-21)34-15-14-33-25)6-3-7-24(19)30-12-11-29(27(30)32)22-5-2-4-20(16-22)18-28-10-13-31/h2-9,16-17,28,31H,10-15,18H2,1H3. The van der Waals surface area contributed by atoms with Gasteiger partial charge in [-0.15, -0.1) is 0 Å². The van der Waals surface area contributed by atoms with E-state index in [0.29, 0.717) is 39.4 Å². The lowest BCUT2D eigenvalue weighted by Crippen LogP contribution is -2.32. The van der Waals surface area contributed by atoms with Crippen molar-refractivity contribution in [3.8, 4) is 22.6 Å². The largest absolute Gasteiger partial charge is 0.486 e.